The molecule has 4 rings (SSSR count). The highest BCUT2D eigenvalue weighted by molar-refractivity contribution is 7.89. The Labute approximate surface area is 178 Å². The Hall–Kier alpha value is -3.98. The number of para-hydroxylation sites is 1. The van der Waals surface area contributed by atoms with Crippen LogP contribution < -0.4 is 4.83 Å². The lowest BCUT2D eigenvalue weighted by molar-refractivity contribution is -0.385. The largest absolute Gasteiger partial charge is 0.343 e. The first-order valence-corrected chi connectivity index (χ1v) is 10.8. The molecule has 0 spiro atoms. The van der Waals surface area contributed by atoms with Gasteiger partial charge in [-0.05, 0) is 17.7 Å². The Morgan fingerprint density at radius 1 is 1.00 bits per heavy atom. The van der Waals surface area contributed by atoms with Crippen molar-refractivity contribution in [3.63, 3.8) is 0 Å². The maximum atomic E-state index is 12.6. The first-order chi connectivity index (χ1) is 14.9. The van der Waals surface area contributed by atoms with Gasteiger partial charge in [-0.25, -0.2) is 4.83 Å². The summed E-state index contributed by atoms with van der Waals surface area (Å²) in [7, 11) is -2.13. The van der Waals surface area contributed by atoms with Gasteiger partial charge in [0, 0.05) is 35.6 Å². The third kappa shape index (κ3) is 3.90. The molecule has 0 amide bonds. The molecule has 1 aromatic heterocycles. The molecule has 4 aromatic rings. The van der Waals surface area contributed by atoms with Crippen molar-refractivity contribution in [2.45, 2.75) is 4.90 Å². The van der Waals surface area contributed by atoms with Crippen LogP contribution in [0.2, 0.25) is 0 Å². The van der Waals surface area contributed by atoms with Crippen LogP contribution in [0.4, 0.5) is 5.69 Å². The van der Waals surface area contributed by atoms with Crippen LogP contribution in [0.1, 0.15) is 5.56 Å². The first kappa shape index (κ1) is 20.3. The number of sulfonamides is 1. The summed E-state index contributed by atoms with van der Waals surface area (Å²) < 4.78 is 27.2. The third-order valence-electron chi connectivity index (χ3n) is 4.90. The Morgan fingerprint density at radius 3 is 2.45 bits per heavy atom. The van der Waals surface area contributed by atoms with Gasteiger partial charge in [-0.15, -0.1) is 0 Å². The van der Waals surface area contributed by atoms with Gasteiger partial charge >= 0.3 is 0 Å². The zero-order valence-electron chi connectivity index (χ0n) is 16.5. The van der Waals surface area contributed by atoms with Gasteiger partial charge in [-0.2, -0.15) is 13.5 Å². The monoisotopic (exact) mass is 434 g/mol. The number of nitro groups is 1. The molecule has 1 N–H and O–H groups in total. The number of hydrogen-bond acceptors (Lipinski definition) is 5. The van der Waals surface area contributed by atoms with Crippen LogP contribution in [0.15, 0.2) is 88.9 Å². The van der Waals surface area contributed by atoms with Crippen LogP contribution in [0.25, 0.3) is 22.2 Å². The second kappa shape index (κ2) is 8.04. The van der Waals surface area contributed by atoms with E-state index in [1.165, 1.54) is 24.4 Å². The van der Waals surface area contributed by atoms with E-state index in [1.54, 1.807) is 0 Å². The Kier molecular flexibility index (Phi) is 5.26. The maximum absolute atomic E-state index is 12.6. The van der Waals surface area contributed by atoms with Gasteiger partial charge < -0.3 is 4.57 Å². The predicted octanol–water partition coefficient (Wildman–Crippen LogP) is 4.07. The Morgan fingerprint density at radius 2 is 1.71 bits per heavy atom. The fourth-order valence-corrected chi connectivity index (χ4v) is 4.31. The molecule has 3 aromatic carbocycles. The quantitative estimate of drug-likeness (QED) is 0.280. The molecule has 0 fully saturated rings. The molecule has 0 aliphatic rings. The SMILES string of the molecule is Cn1c(-c2ccccc2)c(/C=N\NS(=O)(=O)c2cccc([N+](=O)[O-])c2)c2ccccc21. The number of rotatable bonds is 6. The summed E-state index contributed by atoms with van der Waals surface area (Å²) in [6, 6.07) is 22.3. The van der Waals surface area contributed by atoms with Crippen molar-refractivity contribution >= 4 is 32.8 Å². The number of nitrogens with one attached hydrogen (secondary N) is 1. The number of benzene rings is 3. The average Bonchev–Trinajstić information content (AvgIpc) is 3.06. The fourth-order valence-electron chi connectivity index (χ4n) is 3.48. The normalized spacial score (nSPS) is 11.8. The number of non-ortho nitro benzene ring substituents is 1. The van der Waals surface area contributed by atoms with Crippen molar-refractivity contribution in [2.24, 2.45) is 12.1 Å². The number of aromatic nitrogens is 1. The van der Waals surface area contributed by atoms with E-state index >= 15 is 0 Å². The van der Waals surface area contributed by atoms with Crippen molar-refractivity contribution in [1.29, 1.82) is 0 Å². The van der Waals surface area contributed by atoms with Gasteiger partial charge in [0.2, 0.25) is 0 Å². The minimum absolute atomic E-state index is 0.236. The summed E-state index contributed by atoms with van der Waals surface area (Å²) in [4.78, 5) is 12.2. The molecule has 0 atom stereocenters. The van der Waals surface area contributed by atoms with Crippen molar-refractivity contribution in [3.05, 3.63) is 94.5 Å². The van der Waals surface area contributed by atoms with Gasteiger partial charge in [0.15, 0.2) is 0 Å². The van der Waals surface area contributed by atoms with E-state index < -0.39 is 14.9 Å². The van der Waals surface area contributed by atoms with Crippen molar-refractivity contribution in [1.82, 2.24) is 9.40 Å². The van der Waals surface area contributed by atoms with Gasteiger partial charge in [-0.3, -0.25) is 10.1 Å². The molecule has 1 heterocycles. The lowest BCUT2D eigenvalue weighted by atomic mass is 10.1. The van der Waals surface area contributed by atoms with Crippen molar-refractivity contribution < 1.29 is 13.3 Å². The molecule has 0 bridgehead atoms. The molecule has 156 valence electrons. The zero-order chi connectivity index (χ0) is 22.0. The van der Waals surface area contributed by atoms with Crippen LogP contribution >= 0.6 is 0 Å². The van der Waals surface area contributed by atoms with E-state index in [4.69, 9.17) is 0 Å². The maximum Gasteiger partial charge on any atom is 0.276 e. The second-order valence-electron chi connectivity index (χ2n) is 6.81. The molecule has 9 heteroatoms. The molecule has 31 heavy (non-hydrogen) atoms. The fraction of sp³-hybridized carbons (Fsp3) is 0.0455. The number of nitro benzene ring substituents is 1. The lowest BCUT2D eigenvalue weighted by Crippen LogP contribution is -2.18. The van der Waals surface area contributed by atoms with E-state index in [1.807, 2.05) is 66.2 Å². The van der Waals surface area contributed by atoms with Crippen LogP contribution in [0.5, 0.6) is 0 Å². The van der Waals surface area contributed by atoms with Crippen LogP contribution in [-0.4, -0.2) is 24.1 Å². The summed E-state index contributed by atoms with van der Waals surface area (Å²) in [5.74, 6) is 0. The van der Waals surface area contributed by atoms with Crippen molar-refractivity contribution in [2.75, 3.05) is 0 Å². The number of nitrogens with zero attached hydrogens (tertiary/aromatic N) is 3. The number of hydrogen-bond donors (Lipinski definition) is 1. The van der Waals surface area contributed by atoms with E-state index in [0.717, 1.165) is 33.8 Å². The minimum atomic E-state index is -4.07. The summed E-state index contributed by atoms with van der Waals surface area (Å²) in [6.45, 7) is 0. The van der Waals surface area contributed by atoms with E-state index in [-0.39, 0.29) is 10.6 Å². The number of hydrazone groups is 1. The van der Waals surface area contributed by atoms with E-state index in [9.17, 15) is 18.5 Å². The van der Waals surface area contributed by atoms with Crippen molar-refractivity contribution in [3.8, 4) is 11.3 Å². The molecule has 0 aliphatic carbocycles. The van der Waals surface area contributed by atoms with Gasteiger partial charge in [-0.1, -0.05) is 54.6 Å². The standard InChI is InChI=1S/C22H18N4O4S/c1-25-21-13-6-5-12-19(21)20(22(25)16-8-3-2-4-9-16)15-23-24-31(29,30)18-11-7-10-17(14-18)26(27)28/h2-15,24H,1H3/b23-15-. The van der Waals surface area contributed by atoms with Crippen LogP contribution in [0, 0.1) is 10.1 Å². The molecule has 0 aliphatic heterocycles. The summed E-state index contributed by atoms with van der Waals surface area (Å²) in [5, 5.41) is 15.8. The lowest BCUT2D eigenvalue weighted by Gasteiger charge is -2.06. The second-order valence-corrected chi connectivity index (χ2v) is 8.47. The van der Waals surface area contributed by atoms with E-state index in [2.05, 4.69) is 9.93 Å². The van der Waals surface area contributed by atoms with Gasteiger partial charge in [0.25, 0.3) is 15.7 Å². The predicted molar refractivity (Wildman–Crippen MR) is 119 cm³/mol. The summed E-state index contributed by atoms with van der Waals surface area (Å²) in [6.07, 6.45) is 1.46. The number of aryl methyl sites for hydroxylation is 1. The highest BCUT2D eigenvalue weighted by Crippen LogP contribution is 2.31. The van der Waals surface area contributed by atoms with Crippen LogP contribution in [0.3, 0.4) is 0 Å². The van der Waals surface area contributed by atoms with Gasteiger partial charge in [0.05, 0.1) is 21.7 Å². The molecule has 0 radical (unpaired) electrons. The van der Waals surface area contributed by atoms with E-state index in [0.29, 0.717) is 0 Å². The minimum Gasteiger partial charge on any atom is -0.343 e. The molecule has 0 unspecified atom stereocenters. The third-order valence-corrected chi connectivity index (χ3v) is 6.12. The molecule has 0 saturated heterocycles. The first-order valence-electron chi connectivity index (χ1n) is 9.30. The smallest absolute Gasteiger partial charge is 0.276 e. The zero-order valence-corrected chi connectivity index (χ0v) is 17.3. The number of fused-ring (bicyclic) bond motifs is 1. The molecule has 8 nitrogen and oxygen atoms in total. The summed E-state index contributed by atoms with van der Waals surface area (Å²) in [5.41, 5.74) is 3.27. The highest BCUT2D eigenvalue weighted by Gasteiger charge is 2.18. The molecule has 0 saturated carbocycles. The Bertz CT molecular complexity index is 1410. The van der Waals surface area contributed by atoms with Gasteiger partial charge in [0.1, 0.15) is 0 Å². The topological polar surface area (TPSA) is 107 Å². The van der Waals surface area contributed by atoms with Crippen LogP contribution in [-0.2, 0) is 17.1 Å². The average molecular weight is 434 g/mol. The Balaban J connectivity index is 1.74. The summed E-state index contributed by atoms with van der Waals surface area (Å²) >= 11 is 0. The highest BCUT2D eigenvalue weighted by atomic mass is 32.2. The molecular formula is C22H18N4O4S. The molecular weight excluding hydrogens is 416 g/mol.